The lowest BCUT2D eigenvalue weighted by molar-refractivity contribution is 0.0106. The molecule has 0 aromatic heterocycles. The Kier molecular flexibility index (Phi) is 8.63. The third-order valence-electron chi connectivity index (χ3n) is 6.83. The van der Waals surface area contributed by atoms with E-state index in [4.69, 9.17) is 14.2 Å². The average molecular weight is 482 g/mol. The second kappa shape index (κ2) is 12.7. The maximum absolute atomic E-state index is 6.45. The van der Waals surface area contributed by atoms with Gasteiger partial charge in [-0.3, -0.25) is 0 Å². The maximum Gasteiger partial charge on any atom is 0.119 e. The summed E-state index contributed by atoms with van der Waals surface area (Å²) >= 11 is 0. The number of benzene rings is 4. The standard InChI is InChI=1S/C32H35NO3/c1-2-9-30(10-3-1)35-20-6-19-34-23-25-11-15-28(16-12-25)31-17-18-33-22-32(31)36-24-26-13-14-27-7-4-5-8-29(27)21-26/h1-5,7-16,21,31-33H,6,17-20,22-24H2/t31-,32+/m1/s1. The minimum atomic E-state index is 0.164. The Bertz CT molecular complexity index is 1210. The van der Waals surface area contributed by atoms with Gasteiger partial charge in [-0.2, -0.15) is 0 Å². The van der Waals surface area contributed by atoms with Gasteiger partial charge < -0.3 is 19.5 Å². The monoisotopic (exact) mass is 481 g/mol. The van der Waals surface area contributed by atoms with Gasteiger partial charge in [0.25, 0.3) is 0 Å². The van der Waals surface area contributed by atoms with Crippen molar-refractivity contribution in [3.63, 3.8) is 0 Å². The zero-order chi connectivity index (χ0) is 24.4. The van der Waals surface area contributed by atoms with E-state index in [-0.39, 0.29) is 6.10 Å². The topological polar surface area (TPSA) is 39.7 Å². The van der Waals surface area contributed by atoms with E-state index in [1.54, 1.807) is 0 Å². The lowest BCUT2D eigenvalue weighted by Gasteiger charge is -2.32. The normalized spacial score (nSPS) is 17.8. The van der Waals surface area contributed by atoms with Gasteiger partial charge in [0.05, 0.1) is 32.5 Å². The Morgan fingerprint density at radius 1 is 0.722 bits per heavy atom. The molecule has 0 spiro atoms. The van der Waals surface area contributed by atoms with E-state index in [1.165, 1.54) is 27.5 Å². The van der Waals surface area contributed by atoms with E-state index in [0.717, 1.165) is 31.7 Å². The Hall–Kier alpha value is -3.18. The van der Waals surface area contributed by atoms with Crippen LogP contribution in [-0.2, 0) is 22.7 Å². The predicted octanol–water partition coefficient (Wildman–Crippen LogP) is 6.49. The molecule has 2 atom stereocenters. The first kappa shape index (κ1) is 24.5. The first-order valence-corrected chi connectivity index (χ1v) is 13.0. The molecular weight excluding hydrogens is 446 g/mol. The highest BCUT2D eigenvalue weighted by molar-refractivity contribution is 5.82. The van der Waals surface area contributed by atoms with E-state index < -0.39 is 0 Å². The highest BCUT2D eigenvalue weighted by atomic mass is 16.5. The van der Waals surface area contributed by atoms with Crippen LogP contribution >= 0.6 is 0 Å². The molecule has 0 aliphatic carbocycles. The highest BCUT2D eigenvalue weighted by Crippen LogP contribution is 2.29. The van der Waals surface area contributed by atoms with Gasteiger partial charge in [-0.25, -0.2) is 0 Å². The van der Waals surface area contributed by atoms with E-state index in [9.17, 15) is 0 Å². The van der Waals surface area contributed by atoms with Gasteiger partial charge in [-0.1, -0.05) is 78.9 Å². The Labute approximate surface area is 214 Å². The molecule has 36 heavy (non-hydrogen) atoms. The molecule has 4 heteroatoms. The molecular formula is C32H35NO3. The molecule has 0 bridgehead atoms. The Morgan fingerprint density at radius 2 is 1.50 bits per heavy atom. The molecule has 1 fully saturated rings. The molecule has 4 aromatic rings. The third-order valence-corrected chi connectivity index (χ3v) is 6.83. The summed E-state index contributed by atoms with van der Waals surface area (Å²) in [7, 11) is 0. The molecule has 1 saturated heterocycles. The second-order valence-corrected chi connectivity index (χ2v) is 9.44. The van der Waals surface area contributed by atoms with Crippen LogP contribution in [0.1, 0.15) is 35.4 Å². The van der Waals surface area contributed by atoms with Crippen molar-refractivity contribution >= 4 is 10.8 Å². The largest absolute Gasteiger partial charge is 0.494 e. The summed E-state index contributed by atoms with van der Waals surface area (Å²) in [6, 6.07) is 33.9. The van der Waals surface area contributed by atoms with E-state index in [1.807, 2.05) is 30.3 Å². The van der Waals surface area contributed by atoms with Gasteiger partial charge in [0, 0.05) is 18.9 Å². The van der Waals surface area contributed by atoms with E-state index >= 15 is 0 Å². The summed E-state index contributed by atoms with van der Waals surface area (Å²) in [5, 5.41) is 6.04. The number of ether oxygens (including phenoxy) is 3. The van der Waals surface area contributed by atoms with Crippen LogP contribution in [0, 0.1) is 0 Å². The van der Waals surface area contributed by atoms with E-state index in [0.29, 0.717) is 32.3 Å². The van der Waals surface area contributed by atoms with Gasteiger partial charge in [0.2, 0.25) is 0 Å². The first-order valence-electron chi connectivity index (χ1n) is 13.0. The minimum Gasteiger partial charge on any atom is -0.494 e. The second-order valence-electron chi connectivity index (χ2n) is 9.44. The Balaban J connectivity index is 1.09. The quantitative estimate of drug-likeness (QED) is 0.249. The fourth-order valence-electron chi connectivity index (χ4n) is 4.84. The molecule has 4 nitrogen and oxygen atoms in total. The Morgan fingerprint density at radius 3 is 2.36 bits per heavy atom. The van der Waals surface area contributed by atoms with Crippen molar-refractivity contribution in [2.75, 3.05) is 26.3 Å². The van der Waals surface area contributed by atoms with Crippen molar-refractivity contribution in [2.45, 2.75) is 38.1 Å². The lowest BCUT2D eigenvalue weighted by Crippen LogP contribution is -2.40. The minimum absolute atomic E-state index is 0.164. The van der Waals surface area contributed by atoms with Crippen LogP contribution in [0.2, 0.25) is 0 Å². The van der Waals surface area contributed by atoms with Crippen LogP contribution in [0.25, 0.3) is 10.8 Å². The number of fused-ring (bicyclic) bond motifs is 1. The lowest BCUT2D eigenvalue weighted by atomic mass is 9.87. The molecule has 0 saturated carbocycles. The predicted molar refractivity (Wildman–Crippen MR) is 145 cm³/mol. The number of piperidine rings is 1. The van der Waals surface area contributed by atoms with Crippen molar-refractivity contribution < 1.29 is 14.2 Å². The molecule has 186 valence electrons. The van der Waals surface area contributed by atoms with Crippen LogP contribution < -0.4 is 10.1 Å². The fraction of sp³-hybridized carbons (Fsp3) is 0.312. The van der Waals surface area contributed by atoms with Crippen LogP contribution in [0.15, 0.2) is 97.1 Å². The number of hydrogen-bond donors (Lipinski definition) is 1. The van der Waals surface area contributed by atoms with Gasteiger partial charge in [0.15, 0.2) is 0 Å². The highest BCUT2D eigenvalue weighted by Gasteiger charge is 2.27. The van der Waals surface area contributed by atoms with Crippen molar-refractivity contribution in [3.8, 4) is 5.75 Å². The fourth-order valence-corrected chi connectivity index (χ4v) is 4.84. The number of nitrogens with one attached hydrogen (secondary N) is 1. The van der Waals surface area contributed by atoms with Crippen molar-refractivity contribution in [2.24, 2.45) is 0 Å². The van der Waals surface area contributed by atoms with Gasteiger partial charge >= 0.3 is 0 Å². The third kappa shape index (κ3) is 6.73. The number of hydrogen-bond acceptors (Lipinski definition) is 4. The zero-order valence-corrected chi connectivity index (χ0v) is 20.8. The van der Waals surface area contributed by atoms with Crippen LogP contribution in [0.4, 0.5) is 0 Å². The number of rotatable bonds is 11. The van der Waals surface area contributed by atoms with Crippen LogP contribution in [0.5, 0.6) is 5.75 Å². The summed E-state index contributed by atoms with van der Waals surface area (Å²) in [5.74, 6) is 1.31. The molecule has 5 rings (SSSR count). The molecule has 1 heterocycles. The van der Waals surface area contributed by atoms with Crippen LogP contribution in [-0.4, -0.2) is 32.4 Å². The van der Waals surface area contributed by atoms with Gasteiger partial charge in [-0.15, -0.1) is 0 Å². The average Bonchev–Trinajstić information content (AvgIpc) is 2.95. The van der Waals surface area contributed by atoms with E-state index in [2.05, 4.69) is 72.0 Å². The van der Waals surface area contributed by atoms with Crippen LogP contribution in [0.3, 0.4) is 0 Å². The smallest absolute Gasteiger partial charge is 0.119 e. The summed E-state index contributed by atoms with van der Waals surface area (Å²) in [6.45, 7) is 4.52. The summed E-state index contributed by atoms with van der Waals surface area (Å²) in [6.07, 6.45) is 2.12. The molecule has 1 aliphatic heterocycles. The molecule has 1 N–H and O–H groups in total. The van der Waals surface area contributed by atoms with Crippen molar-refractivity contribution in [1.82, 2.24) is 5.32 Å². The molecule has 0 amide bonds. The summed E-state index contributed by atoms with van der Waals surface area (Å²) in [4.78, 5) is 0. The van der Waals surface area contributed by atoms with Gasteiger partial charge in [0.1, 0.15) is 5.75 Å². The molecule has 0 radical (unpaired) electrons. The number of para-hydroxylation sites is 1. The van der Waals surface area contributed by atoms with Gasteiger partial charge in [-0.05, 0) is 58.6 Å². The zero-order valence-electron chi connectivity index (χ0n) is 20.8. The molecule has 1 aliphatic rings. The van der Waals surface area contributed by atoms with Crippen molar-refractivity contribution in [1.29, 1.82) is 0 Å². The maximum atomic E-state index is 6.45. The molecule has 4 aromatic carbocycles. The first-order chi connectivity index (χ1) is 17.8. The van der Waals surface area contributed by atoms with Crippen molar-refractivity contribution in [3.05, 3.63) is 114 Å². The summed E-state index contributed by atoms with van der Waals surface area (Å²) < 4.78 is 18.0. The molecule has 0 unspecified atom stereocenters. The SMILES string of the molecule is c1ccc(OCCCOCc2ccc([C@H]3CCNC[C@@H]3OCc3ccc4ccccc4c3)cc2)cc1. The summed E-state index contributed by atoms with van der Waals surface area (Å²) in [5.41, 5.74) is 3.77.